The largest absolute Gasteiger partial charge is 0.469 e. The van der Waals surface area contributed by atoms with Gasteiger partial charge in [0.2, 0.25) is 0 Å². The molecule has 28 heavy (non-hydrogen) atoms. The van der Waals surface area contributed by atoms with E-state index < -0.39 is 11.9 Å². The van der Waals surface area contributed by atoms with E-state index in [1.54, 1.807) is 44.4 Å². The summed E-state index contributed by atoms with van der Waals surface area (Å²) >= 11 is 0. The van der Waals surface area contributed by atoms with E-state index in [0.29, 0.717) is 34.7 Å². The van der Waals surface area contributed by atoms with Gasteiger partial charge in [-0.1, -0.05) is 0 Å². The minimum atomic E-state index is -4.55. The highest BCUT2D eigenvalue weighted by Crippen LogP contribution is 2.42. The van der Waals surface area contributed by atoms with Crippen molar-refractivity contribution in [3.8, 4) is 16.9 Å². The smallest absolute Gasteiger partial charge is 0.435 e. The van der Waals surface area contributed by atoms with Crippen LogP contribution in [0, 0.1) is 0 Å². The van der Waals surface area contributed by atoms with Gasteiger partial charge in [0, 0.05) is 37.2 Å². The summed E-state index contributed by atoms with van der Waals surface area (Å²) in [6, 6.07) is 7.91. The van der Waals surface area contributed by atoms with Crippen molar-refractivity contribution in [1.82, 2.24) is 20.2 Å². The van der Waals surface area contributed by atoms with Crippen molar-refractivity contribution in [2.45, 2.75) is 19.0 Å². The first-order valence-corrected chi connectivity index (χ1v) is 8.60. The summed E-state index contributed by atoms with van der Waals surface area (Å²) in [5.74, 6) is 0.330. The zero-order chi connectivity index (χ0) is 20.1. The number of furan rings is 1. The van der Waals surface area contributed by atoms with Crippen LogP contribution < -0.4 is 5.43 Å². The summed E-state index contributed by atoms with van der Waals surface area (Å²) in [7, 11) is 3.37. The van der Waals surface area contributed by atoms with Gasteiger partial charge in [0.15, 0.2) is 5.69 Å². The lowest BCUT2D eigenvalue weighted by Crippen LogP contribution is -2.36. The van der Waals surface area contributed by atoms with Crippen LogP contribution in [0.3, 0.4) is 0 Å². The molecule has 0 saturated carbocycles. The van der Waals surface area contributed by atoms with Gasteiger partial charge in [-0.05, 0) is 36.8 Å². The molecule has 0 radical (unpaired) electrons. The number of carbonyl (C=O) groups excluding carboxylic acids is 1. The van der Waals surface area contributed by atoms with Crippen molar-refractivity contribution < 1.29 is 22.4 Å². The lowest BCUT2D eigenvalue weighted by atomic mass is 9.94. The second-order valence-electron chi connectivity index (χ2n) is 6.73. The summed E-state index contributed by atoms with van der Waals surface area (Å²) in [6.45, 7) is 0. The molecule has 0 atom stereocenters. The molecular weight excluding hydrogens is 373 g/mol. The number of aromatic nitrogens is 2. The van der Waals surface area contributed by atoms with Crippen LogP contribution >= 0.6 is 0 Å². The number of halogens is 3. The zero-order valence-electron chi connectivity index (χ0n) is 15.2. The molecule has 9 heteroatoms. The fourth-order valence-electron chi connectivity index (χ4n) is 3.38. The van der Waals surface area contributed by atoms with E-state index in [0.717, 1.165) is 0 Å². The van der Waals surface area contributed by atoms with Crippen LogP contribution in [0.5, 0.6) is 0 Å². The number of benzene rings is 1. The Morgan fingerprint density at radius 3 is 2.54 bits per heavy atom. The van der Waals surface area contributed by atoms with Gasteiger partial charge in [0.05, 0.1) is 17.6 Å². The van der Waals surface area contributed by atoms with Crippen LogP contribution in [-0.4, -0.2) is 34.8 Å². The average Bonchev–Trinajstić information content (AvgIpc) is 3.24. The molecule has 2 heterocycles. The number of hydrogen-bond donors (Lipinski definition) is 1. The lowest BCUT2D eigenvalue weighted by Gasteiger charge is -2.15. The van der Waals surface area contributed by atoms with Crippen LogP contribution in [0.15, 0.2) is 41.0 Å². The number of nitrogens with zero attached hydrogens (tertiary/aromatic N) is 3. The highest BCUT2D eigenvalue weighted by Gasteiger charge is 2.41. The fourth-order valence-corrected chi connectivity index (χ4v) is 3.38. The third kappa shape index (κ3) is 3.07. The quantitative estimate of drug-likeness (QED) is 0.696. The number of amides is 1. The molecule has 146 valence electrons. The van der Waals surface area contributed by atoms with Gasteiger partial charge < -0.3 is 4.42 Å². The molecular formula is C19H17F3N4O2. The molecule has 4 rings (SSSR count). The molecule has 0 fully saturated rings. The van der Waals surface area contributed by atoms with E-state index in [1.165, 1.54) is 16.0 Å². The van der Waals surface area contributed by atoms with E-state index in [-0.39, 0.29) is 17.9 Å². The fraction of sp³-hybridized carbons (Fsp3) is 0.263. The zero-order valence-corrected chi connectivity index (χ0v) is 15.2. The first kappa shape index (κ1) is 18.3. The Morgan fingerprint density at radius 2 is 1.89 bits per heavy atom. The Kier molecular flexibility index (Phi) is 4.26. The Hall–Kier alpha value is -3.07. The first-order valence-electron chi connectivity index (χ1n) is 8.60. The number of rotatable bonds is 3. The van der Waals surface area contributed by atoms with Crippen molar-refractivity contribution in [3.05, 3.63) is 59.2 Å². The monoisotopic (exact) mass is 390 g/mol. The molecule has 0 spiro atoms. The van der Waals surface area contributed by atoms with Gasteiger partial charge in [-0.15, -0.1) is 0 Å². The first-order chi connectivity index (χ1) is 13.3. The van der Waals surface area contributed by atoms with Crippen molar-refractivity contribution in [3.63, 3.8) is 0 Å². The number of fused-ring (bicyclic) bond motifs is 3. The molecule has 1 aliphatic carbocycles. The van der Waals surface area contributed by atoms with Crippen molar-refractivity contribution in [2.24, 2.45) is 0 Å². The Bertz CT molecular complexity index is 1030. The van der Waals surface area contributed by atoms with Crippen LogP contribution in [0.25, 0.3) is 16.9 Å². The lowest BCUT2D eigenvalue weighted by molar-refractivity contribution is -0.142. The van der Waals surface area contributed by atoms with Crippen LogP contribution in [0.1, 0.15) is 27.4 Å². The predicted octanol–water partition coefficient (Wildman–Crippen LogP) is 3.46. The van der Waals surface area contributed by atoms with Crippen molar-refractivity contribution >= 4 is 5.91 Å². The topological polar surface area (TPSA) is 63.3 Å². The van der Waals surface area contributed by atoms with E-state index in [9.17, 15) is 18.0 Å². The summed E-state index contributed by atoms with van der Waals surface area (Å²) in [4.78, 5) is 12.1. The molecule has 3 aromatic rings. The van der Waals surface area contributed by atoms with E-state index >= 15 is 0 Å². The standard InChI is InChI=1S/C19H17F3N4O2/c1-25(2)24-18(27)11-3-5-12(6-4-11)26-16-13-9-10-28-15(13)8-7-14(16)17(23-26)19(20,21)22/h3-6,9-10H,7-8H2,1-2H3,(H,24,27). The number of carbonyl (C=O) groups is 1. The molecule has 6 nitrogen and oxygen atoms in total. The third-order valence-corrected chi connectivity index (χ3v) is 4.55. The minimum Gasteiger partial charge on any atom is -0.469 e. The van der Waals surface area contributed by atoms with Gasteiger partial charge in [0.25, 0.3) is 5.91 Å². The predicted molar refractivity (Wildman–Crippen MR) is 94.8 cm³/mol. The Morgan fingerprint density at radius 1 is 1.18 bits per heavy atom. The maximum atomic E-state index is 13.5. The van der Waals surface area contributed by atoms with Gasteiger partial charge in [0.1, 0.15) is 5.76 Å². The summed E-state index contributed by atoms with van der Waals surface area (Å²) < 4.78 is 47.3. The average molecular weight is 390 g/mol. The highest BCUT2D eigenvalue weighted by atomic mass is 19.4. The molecule has 0 aliphatic heterocycles. The molecule has 1 N–H and O–H groups in total. The van der Waals surface area contributed by atoms with Crippen molar-refractivity contribution in [1.29, 1.82) is 0 Å². The van der Waals surface area contributed by atoms with Crippen LogP contribution in [-0.2, 0) is 19.0 Å². The molecule has 2 aromatic heterocycles. The second-order valence-corrected chi connectivity index (χ2v) is 6.73. The SMILES string of the molecule is CN(C)NC(=O)c1ccc(-n2nc(C(F)(F)F)c3c2-c2ccoc2CC3)cc1. The normalized spacial score (nSPS) is 13.4. The Labute approximate surface area is 158 Å². The number of alkyl halides is 3. The van der Waals surface area contributed by atoms with Gasteiger partial charge in [-0.2, -0.15) is 18.3 Å². The molecule has 0 unspecified atom stereocenters. The molecule has 0 saturated heterocycles. The minimum absolute atomic E-state index is 0.163. The van der Waals surface area contributed by atoms with Gasteiger partial charge in [-0.3, -0.25) is 10.2 Å². The van der Waals surface area contributed by atoms with E-state index in [2.05, 4.69) is 10.5 Å². The van der Waals surface area contributed by atoms with Gasteiger partial charge in [-0.25, -0.2) is 9.69 Å². The Balaban J connectivity index is 1.81. The molecule has 1 aliphatic rings. The van der Waals surface area contributed by atoms with E-state index in [1.807, 2.05) is 0 Å². The summed E-state index contributed by atoms with van der Waals surface area (Å²) in [6.07, 6.45) is -2.48. The molecule has 1 amide bonds. The van der Waals surface area contributed by atoms with E-state index in [4.69, 9.17) is 4.42 Å². The third-order valence-electron chi connectivity index (χ3n) is 4.55. The summed E-state index contributed by atoms with van der Waals surface area (Å²) in [5, 5.41) is 5.39. The second kappa shape index (κ2) is 6.52. The maximum Gasteiger partial charge on any atom is 0.435 e. The van der Waals surface area contributed by atoms with Crippen molar-refractivity contribution in [2.75, 3.05) is 14.1 Å². The van der Waals surface area contributed by atoms with Crippen LogP contribution in [0.4, 0.5) is 13.2 Å². The van der Waals surface area contributed by atoms with Crippen LogP contribution in [0.2, 0.25) is 0 Å². The number of nitrogens with one attached hydrogen (secondary N) is 1. The number of aryl methyl sites for hydroxylation is 1. The molecule has 1 aromatic carbocycles. The number of hydrogen-bond acceptors (Lipinski definition) is 4. The molecule has 0 bridgehead atoms. The number of hydrazine groups is 1. The maximum absolute atomic E-state index is 13.5. The van der Waals surface area contributed by atoms with Gasteiger partial charge >= 0.3 is 6.18 Å². The summed E-state index contributed by atoms with van der Waals surface area (Å²) in [5.41, 5.74) is 3.70. The highest BCUT2D eigenvalue weighted by molar-refractivity contribution is 5.94.